The Balaban J connectivity index is 1.95. The summed E-state index contributed by atoms with van der Waals surface area (Å²) in [6, 6.07) is 14.1. The summed E-state index contributed by atoms with van der Waals surface area (Å²) in [6.07, 6.45) is 0. The molecule has 0 saturated carbocycles. The first-order chi connectivity index (χ1) is 10.5. The van der Waals surface area contributed by atoms with Crippen LogP contribution in [0.2, 0.25) is 0 Å². The Morgan fingerprint density at radius 3 is 2.23 bits per heavy atom. The zero-order valence-corrected chi connectivity index (χ0v) is 13.7. The molecule has 0 aliphatic carbocycles. The number of ether oxygens (including phenoxy) is 1. The number of likely N-dealkylation sites (N-methyl/N-ethyl adjacent to an activating group) is 1. The smallest absolute Gasteiger partial charge is 0.260 e. The summed E-state index contributed by atoms with van der Waals surface area (Å²) in [7, 11) is 1.80. The maximum atomic E-state index is 12.2. The van der Waals surface area contributed by atoms with Crippen LogP contribution in [-0.2, 0) is 11.3 Å². The van der Waals surface area contributed by atoms with E-state index in [1.807, 2.05) is 44.2 Å². The fourth-order valence-corrected chi connectivity index (χ4v) is 2.58. The second-order valence-corrected chi connectivity index (χ2v) is 5.75. The van der Waals surface area contributed by atoms with E-state index in [2.05, 4.69) is 19.1 Å². The van der Waals surface area contributed by atoms with E-state index in [0.717, 1.165) is 22.4 Å². The van der Waals surface area contributed by atoms with Crippen molar-refractivity contribution < 1.29 is 9.53 Å². The number of carbonyl (C=O) groups is 1. The highest BCUT2D eigenvalue weighted by Gasteiger charge is 2.12. The van der Waals surface area contributed by atoms with E-state index >= 15 is 0 Å². The monoisotopic (exact) mass is 297 g/mol. The van der Waals surface area contributed by atoms with Crippen molar-refractivity contribution in [1.29, 1.82) is 0 Å². The summed E-state index contributed by atoms with van der Waals surface area (Å²) >= 11 is 0. The molecule has 0 atom stereocenters. The van der Waals surface area contributed by atoms with Gasteiger partial charge in [0.15, 0.2) is 6.61 Å². The van der Waals surface area contributed by atoms with E-state index in [4.69, 9.17) is 4.74 Å². The van der Waals surface area contributed by atoms with Gasteiger partial charge < -0.3 is 9.64 Å². The van der Waals surface area contributed by atoms with Gasteiger partial charge in [-0.05, 0) is 37.5 Å². The number of benzene rings is 2. The zero-order valence-electron chi connectivity index (χ0n) is 13.7. The Kier molecular flexibility index (Phi) is 5.21. The number of hydrogen-bond donors (Lipinski definition) is 0. The third kappa shape index (κ3) is 4.10. The van der Waals surface area contributed by atoms with Crippen LogP contribution in [0.1, 0.15) is 22.3 Å². The molecule has 0 aliphatic rings. The van der Waals surface area contributed by atoms with Gasteiger partial charge in [-0.25, -0.2) is 0 Å². The lowest BCUT2D eigenvalue weighted by molar-refractivity contribution is -0.132. The van der Waals surface area contributed by atoms with Gasteiger partial charge in [0, 0.05) is 13.6 Å². The van der Waals surface area contributed by atoms with Gasteiger partial charge in [-0.3, -0.25) is 4.79 Å². The van der Waals surface area contributed by atoms with E-state index < -0.39 is 0 Å². The van der Waals surface area contributed by atoms with Gasteiger partial charge >= 0.3 is 0 Å². The van der Waals surface area contributed by atoms with Crippen molar-refractivity contribution in [1.82, 2.24) is 4.90 Å². The average Bonchev–Trinajstić information content (AvgIpc) is 2.46. The largest absolute Gasteiger partial charge is 0.483 e. The third-order valence-corrected chi connectivity index (χ3v) is 3.63. The summed E-state index contributed by atoms with van der Waals surface area (Å²) in [5.41, 5.74) is 4.45. The van der Waals surface area contributed by atoms with Crippen LogP contribution in [0.15, 0.2) is 42.5 Å². The number of carbonyl (C=O) groups excluding carboxylic acids is 1. The molecule has 2 aromatic carbocycles. The van der Waals surface area contributed by atoms with Crippen LogP contribution < -0.4 is 4.74 Å². The van der Waals surface area contributed by atoms with Crippen molar-refractivity contribution in [2.45, 2.75) is 27.3 Å². The first-order valence-corrected chi connectivity index (χ1v) is 7.46. The lowest BCUT2D eigenvalue weighted by Crippen LogP contribution is -2.31. The van der Waals surface area contributed by atoms with Gasteiger partial charge in [0.2, 0.25) is 0 Å². The first kappa shape index (κ1) is 16.1. The van der Waals surface area contributed by atoms with Crippen molar-refractivity contribution in [3.63, 3.8) is 0 Å². The highest BCUT2D eigenvalue weighted by Crippen LogP contribution is 2.24. The summed E-state index contributed by atoms with van der Waals surface area (Å²) in [5, 5.41) is 0. The van der Waals surface area contributed by atoms with E-state index in [-0.39, 0.29) is 12.5 Å². The molecular weight excluding hydrogens is 274 g/mol. The Labute approximate surface area is 132 Å². The van der Waals surface area contributed by atoms with Crippen molar-refractivity contribution in [3.05, 3.63) is 64.7 Å². The number of aryl methyl sites for hydroxylation is 3. The highest BCUT2D eigenvalue weighted by atomic mass is 16.5. The van der Waals surface area contributed by atoms with Gasteiger partial charge in [-0.1, -0.05) is 48.0 Å². The molecule has 0 heterocycles. The molecule has 0 aromatic heterocycles. The minimum atomic E-state index is -0.0248. The third-order valence-electron chi connectivity index (χ3n) is 3.63. The maximum absolute atomic E-state index is 12.2. The van der Waals surface area contributed by atoms with Crippen LogP contribution in [0.3, 0.4) is 0 Å². The van der Waals surface area contributed by atoms with Crippen LogP contribution in [0.5, 0.6) is 5.75 Å². The number of amides is 1. The molecule has 0 fully saturated rings. The molecule has 2 rings (SSSR count). The number of nitrogens with zero attached hydrogens (tertiary/aromatic N) is 1. The fourth-order valence-electron chi connectivity index (χ4n) is 2.58. The standard InChI is InChI=1S/C19H23NO2/c1-14-10-15(2)19(16(3)11-14)22-13-18(21)20(4)12-17-8-6-5-7-9-17/h5-11H,12-13H2,1-4H3. The quantitative estimate of drug-likeness (QED) is 0.843. The van der Waals surface area contributed by atoms with Gasteiger partial charge in [0.25, 0.3) is 5.91 Å². The van der Waals surface area contributed by atoms with Crippen LogP contribution in [0.25, 0.3) is 0 Å². The molecule has 0 bridgehead atoms. The molecule has 116 valence electrons. The second-order valence-electron chi connectivity index (χ2n) is 5.75. The Morgan fingerprint density at radius 1 is 1.05 bits per heavy atom. The van der Waals surface area contributed by atoms with E-state index in [1.165, 1.54) is 5.56 Å². The fraction of sp³-hybridized carbons (Fsp3) is 0.316. The highest BCUT2D eigenvalue weighted by molar-refractivity contribution is 5.77. The minimum absolute atomic E-state index is 0.0248. The molecule has 22 heavy (non-hydrogen) atoms. The van der Waals surface area contributed by atoms with Crippen molar-refractivity contribution in [2.24, 2.45) is 0 Å². The summed E-state index contributed by atoms with van der Waals surface area (Å²) in [4.78, 5) is 13.9. The predicted octanol–water partition coefficient (Wildman–Crippen LogP) is 3.65. The van der Waals surface area contributed by atoms with E-state index in [9.17, 15) is 4.79 Å². The number of hydrogen-bond acceptors (Lipinski definition) is 2. The van der Waals surface area contributed by atoms with Crippen molar-refractivity contribution in [2.75, 3.05) is 13.7 Å². The van der Waals surface area contributed by atoms with Gasteiger partial charge in [-0.2, -0.15) is 0 Å². The van der Waals surface area contributed by atoms with Gasteiger partial charge in [-0.15, -0.1) is 0 Å². The molecule has 1 amide bonds. The topological polar surface area (TPSA) is 29.5 Å². The van der Waals surface area contributed by atoms with Crippen LogP contribution in [0.4, 0.5) is 0 Å². The summed E-state index contributed by atoms with van der Waals surface area (Å²) < 4.78 is 5.75. The molecule has 3 nitrogen and oxygen atoms in total. The summed E-state index contributed by atoms with van der Waals surface area (Å²) in [5.74, 6) is 0.787. The first-order valence-electron chi connectivity index (χ1n) is 7.46. The average molecular weight is 297 g/mol. The molecule has 0 radical (unpaired) electrons. The second kappa shape index (κ2) is 7.12. The van der Waals surface area contributed by atoms with E-state index in [0.29, 0.717) is 6.54 Å². The SMILES string of the molecule is Cc1cc(C)c(OCC(=O)N(C)Cc2ccccc2)c(C)c1. The van der Waals surface area contributed by atoms with Crippen LogP contribution in [-0.4, -0.2) is 24.5 Å². The van der Waals surface area contributed by atoms with Gasteiger partial charge in [0.1, 0.15) is 5.75 Å². The van der Waals surface area contributed by atoms with Crippen LogP contribution >= 0.6 is 0 Å². The lowest BCUT2D eigenvalue weighted by atomic mass is 10.1. The Hall–Kier alpha value is -2.29. The van der Waals surface area contributed by atoms with Crippen molar-refractivity contribution in [3.8, 4) is 5.75 Å². The molecule has 0 aliphatic heterocycles. The predicted molar refractivity (Wildman–Crippen MR) is 89.1 cm³/mol. The molecular formula is C19H23NO2. The normalized spacial score (nSPS) is 10.4. The molecule has 0 N–H and O–H groups in total. The van der Waals surface area contributed by atoms with Gasteiger partial charge in [0.05, 0.1) is 0 Å². The maximum Gasteiger partial charge on any atom is 0.260 e. The Bertz CT molecular complexity index is 627. The minimum Gasteiger partial charge on any atom is -0.483 e. The molecule has 0 unspecified atom stereocenters. The number of rotatable bonds is 5. The Morgan fingerprint density at radius 2 is 1.64 bits per heavy atom. The molecule has 0 saturated heterocycles. The van der Waals surface area contributed by atoms with Crippen LogP contribution in [0, 0.1) is 20.8 Å². The van der Waals surface area contributed by atoms with E-state index in [1.54, 1.807) is 11.9 Å². The molecule has 0 spiro atoms. The lowest BCUT2D eigenvalue weighted by Gasteiger charge is -2.19. The molecule has 2 aromatic rings. The zero-order chi connectivity index (χ0) is 16.1. The van der Waals surface area contributed by atoms with Crippen molar-refractivity contribution >= 4 is 5.91 Å². The molecule has 3 heteroatoms. The summed E-state index contributed by atoms with van der Waals surface area (Å²) in [6.45, 7) is 6.73.